The highest BCUT2D eigenvalue weighted by molar-refractivity contribution is 5.65. The molecule has 4 aromatic carbocycles. The predicted molar refractivity (Wildman–Crippen MR) is 127 cm³/mol. The van der Waals surface area contributed by atoms with Crippen LogP contribution in [-0.4, -0.2) is 11.2 Å². The van der Waals surface area contributed by atoms with Gasteiger partial charge in [0.25, 0.3) is 0 Å². The molecular formula is C27H24N2O3. The van der Waals surface area contributed by atoms with Crippen molar-refractivity contribution in [3.63, 3.8) is 0 Å². The van der Waals surface area contributed by atoms with Crippen molar-refractivity contribution in [2.45, 2.75) is 13.1 Å². The van der Waals surface area contributed by atoms with E-state index in [1.807, 2.05) is 66.7 Å². The largest absolute Gasteiger partial charge is 0.465 e. The zero-order valence-electron chi connectivity index (χ0n) is 17.5. The fourth-order valence-corrected chi connectivity index (χ4v) is 3.32. The number of amides is 1. The van der Waals surface area contributed by atoms with Crippen molar-refractivity contribution in [1.82, 2.24) is 5.32 Å². The first-order valence-corrected chi connectivity index (χ1v) is 10.4. The first-order valence-electron chi connectivity index (χ1n) is 10.4. The smallest absolute Gasteiger partial charge is 0.404 e. The maximum atomic E-state index is 10.6. The summed E-state index contributed by atoms with van der Waals surface area (Å²) in [5.74, 6) is 1.41. The van der Waals surface area contributed by atoms with E-state index < -0.39 is 6.09 Å². The zero-order valence-corrected chi connectivity index (χ0v) is 17.5. The molecule has 0 aliphatic carbocycles. The Morgan fingerprint density at radius 1 is 0.688 bits per heavy atom. The molecule has 0 fully saturated rings. The zero-order chi connectivity index (χ0) is 22.2. The number of nitrogens with one attached hydrogen (secondary N) is 2. The number of carbonyl (C=O) groups is 1. The number of ether oxygens (including phenoxy) is 1. The Morgan fingerprint density at radius 3 is 2.00 bits per heavy atom. The van der Waals surface area contributed by atoms with Crippen LogP contribution in [0.25, 0.3) is 11.1 Å². The number of para-hydroxylation sites is 2. The summed E-state index contributed by atoms with van der Waals surface area (Å²) >= 11 is 0. The lowest BCUT2D eigenvalue weighted by Crippen LogP contribution is -2.19. The van der Waals surface area contributed by atoms with Gasteiger partial charge in [0.2, 0.25) is 0 Å². The van der Waals surface area contributed by atoms with Crippen molar-refractivity contribution in [2.24, 2.45) is 0 Å². The normalized spacial score (nSPS) is 10.4. The first kappa shape index (κ1) is 21.0. The summed E-state index contributed by atoms with van der Waals surface area (Å²) in [4.78, 5) is 10.6. The maximum Gasteiger partial charge on any atom is 0.404 e. The van der Waals surface area contributed by atoms with Gasteiger partial charge in [0.15, 0.2) is 5.75 Å². The number of benzene rings is 4. The lowest BCUT2D eigenvalue weighted by atomic mass is 10.0. The second-order valence-electron chi connectivity index (χ2n) is 7.32. The lowest BCUT2D eigenvalue weighted by molar-refractivity contribution is 0.194. The van der Waals surface area contributed by atoms with Gasteiger partial charge in [-0.25, -0.2) is 4.79 Å². The molecule has 0 spiro atoms. The standard InChI is InChI=1S/C27H24N2O3/c30-27(31)29-19-21-12-16-24(17-13-21)32-26-9-5-4-8-25(26)28-18-20-10-14-23(15-11-20)22-6-2-1-3-7-22/h1-17,28-29H,18-19H2,(H,30,31). The average Bonchev–Trinajstić information content (AvgIpc) is 2.84. The van der Waals surface area contributed by atoms with Crippen LogP contribution in [0, 0.1) is 0 Å². The molecule has 3 N–H and O–H groups in total. The second kappa shape index (κ2) is 10.2. The molecule has 0 aliphatic rings. The van der Waals surface area contributed by atoms with E-state index >= 15 is 0 Å². The Hall–Kier alpha value is -4.25. The lowest BCUT2D eigenvalue weighted by Gasteiger charge is -2.14. The molecule has 160 valence electrons. The van der Waals surface area contributed by atoms with Gasteiger partial charge in [-0.15, -0.1) is 0 Å². The molecule has 1 amide bonds. The van der Waals surface area contributed by atoms with Crippen molar-refractivity contribution in [3.8, 4) is 22.6 Å². The third kappa shape index (κ3) is 5.67. The van der Waals surface area contributed by atoms with Crippen molar-refractivity contribution >= 4 is 11.8 Å². The summed E-state index contributed by atoms with van der Waals surface area (Å²) in [5, 5.41) is 14.5. The first-order chi connectivity index (χ1) is 15.7. The van der Waals surface area contributed by atoms with Crippen molar-refractivity contribution in [1.29, 1.82) is 0 Å². The topological polar surface area (TPSA) is 70.6 Å². The molecular weight excluding hydrogens is 400 g/mol. The quantitative estimate of drug-likeness (QED) is 0.301. The molecule has 5 nitrogen and oxygen atoms in total. The molecule has 0 atom stereocenters. The second-order valence-corrected chi connectivity index (χ2v) is 7.32. The van der Waals surface area contributed by atoms with Crippen LogP contribution in [0.2, 0.25) is 0 Å². The molecule has 0 aliphatic heterocycles. The van der Waals surface area contributed by atoms with Gasteiger partial charge in [0.1, 0.15) is 5.75 Å². The fourth-order valence-electron chi connectivity index (χ4n) is 3.32. The van der Waals surface area contributed by atoms with Crippen molar-refractivity contribution in [2.75, 3.05) is 5.32 Å². The molecule has 0 heterocycles. The number of rotatable bonds is 8. The van der Waals surface area contributed by atoms with Crippen LogP contribution in [-0.2, 0) is 13.1 Å². The molecule has 0 saturated heterocycles. The van der Waals surface area contributed by atoms with Gasteiger partial charge in [-0.2, -0.15) is 0 Å². The number of hydrogen-bond donors (Lipinski definition) is 3. The van der Waals surface area contributed by atoms with Gasteiger partial charge >= 0.3 is 6.09 Å². The number of hydrogen-bond acceptors (Lipinski definition) is 3. The number of carboxylic acid groups (broad SMARTS) is 1. The van der Waals surface area contributed by atoms with Gasteiger partial charge < -0.3 is 20.5 Å². The van der Waals surface area contributed by atoms with Crippen LogP contribution in [0.4, 0.5) is 10.5 Å². The highest BCUT2D eigenvalue weighted by Crippen LogP contribution is 2.30. The minimum absolute atomic E-state index is 0.261. The molecule has 5 heteroatoms. The Morgan fingerprint density at radius 2 is 1.28 bits per heavy atom. The SMILES string of the molecule is O=C(O)NCc1ccc(Oc2ccccc2NCc2ccc(-c3ccccc3)cc2)cc1. The third-order valence-corrected chi connectivity index (χ3v) is 5.03. The van der Waals surface area contributed by atoms with E-state index in [2.05, 4.69) is 47.0 Å². The van der Waals surface area contributed by atoms with Gasteiger partial charge in [-0.3, -0.25) is 0 Å². The van der Waals surface area contributed by atoms with Crippen LogP contribution in [0.15, 0.2) is 103 Å². The molecule has 0 saturated carbocycles. The third-order valence-electron chi connectivity index (χ3n) is 5.03. The Balaban J connectivity index is 1.39. The summed E-state index contributed by atoms with van der Waals surface area (Å²) in [5.41, 5.74) is 5.34. The van der Waals surface area contributed by atoms with Crippen LogP contribution in [0.1, 0.15) is 11.1 Å². The Labute approximate surface area is 187 Å². The predicted octanol–water partition coefficient (Wildman–Crippen LogP) is 6.53. The van der Waals surface area contributed by atoms with Gasteiger partial charge in [0.05, 0.1) is 5.69 Å². The van der Waals surface area contributed by atoms with E-state index in [0.717, 1.165) is 17.0 Å². The van der Waals surface area contributed by atoms with E-state index in [9.17, 15) is 4.79 Å². The fraction of sp³-hybridized carbons (Fsp3) is 0.0741. The Kier molecular flexibility index (Phi) is 6.68. The van der Waals surface area contributed by atoms with Crippen LogP contribution >= 0.6 is 0 Å². The molecule has 32 heavy (non-hydrogen) atoms. The molecule has 0 aromatic heterocycles. The van der Waals surface area contributed by atoms with E-state index in [-0.39, 0.29) is 6.54 Å². The average molecular weight is 425 g/mol. The summed E-state index contributed by atoms with van der Waals surface area (Å²) < 4.78 is 6.06. The summed E-state index contributed by atoms with van der Waals surface area (Å²) in [6.45, 7) is 0.937. The van der Waals surface area contributed by atoms with Crippen LogP contribution in [0.3, 0.4) is 0 Å². The summed E-state index contributed by atoms with van der Waals surface area (Å²) in [6, 6.07) is 34.0. The van der Waals surface area contributed by atoms with Crippen molar-refractivity contribution in [3.05, 3.63) is 114 Å². The van der Waals surface area contributed by atoms with E-state index in [4.69, 9.17) is 9.84 Å². The van der Waals surface area contributed by atoms with Crippen molar-refractivity contribution < 1.29 is 14.6 Å². The highest BCUT2D eigenvalue weighted by atomic mass is 16.5. The molecule has 0 unspecified atom stereocenters. The van der Waals surface area contributed by atoms with E-state index in [1.165, 1.54) is 16.7 Å². The van der Waals surface area contributed by atoms with E-state index in [1.54, 1.807) is 0 Å². The van der Waals surface area contributed by atoms with Crippen LogP contribution in [0.5, 0.6) is 11.5 Å². The minimum Gasteiger partial charge on any atom is -0.465 e. The summed E-state index contributed by atoms with van der Waals surface area (Å²) in [7, 11) is 0. The van der Waals surface area contributed by atoms with Gasteiger partial charge in [-0.05, 0) is 46.5 Å². The summed E-state index contributed by atoms with van der Waals surface area (Å²) in [6.07, 6.45) is -1.04. The minimum atomic E-state index is -1.04. The Bertz CT molecular complexity index is 1160. The monoisotopic (exact) mass is 424 g/mol. The highest BCUT2D eigenvalue weighted by Gasteiger charge is 2.06. The molecule has 0 radical (unpaired) electrons. The molecule has 0 bridgehead atoms. The maximum absolute atomic E-state index is 10.6. The van der Waals surface area contributed by atoms with Gasteiger partial charge in [-0.1, -0.05) is 78.9 Å². The molecule has 4 rings (SSSR count). The van der Waals surface area contributed by atoms with E-state index in [0.29, 0.717) is 12.3 Å². The number of anilines is 1. The molecule has 4 aromatic rings. The van der Waals surface area contributed by atoms with Crippen LogP contribution < -0.4 is 15.4 Å². The van der Waals surface area contributed by atoms with Gasteiger partial charge in [0, 0.05) is 13.1 Å².